The van der Waals surface area contributed by atoms with Crippen molar-refractivity contribution >= 4 is 22.7 Å². The van der Waals surface area contributed by atoms with Gasteiger partial charge in [0.1, 0.15) is 5.82 Å². The molecule has 3 rings (SSSR count). The van der Waals surface area contributed by atoms with Crippen LogP contribution in [0.15, 0.2) is 71.2 Å². The minimum absolute atomic E-state index is 0.0921. The average molecular weight is 337 g/mol. The van der Waals surface area contributed by atoms with Crippen LogP contribution in [0.1, 0.15) is 27.2 Å². The van der Waals surface area contributed by atoms with E-state index in [2.05, 4.69) is 46.6 Å². The standard InChI is InChI=1S/C17H19N5.C3H8/c1-12(11-18-14-6-4-3-5-7-14)21-22-15-8-9-16-17(10-15)20-13(2)19-16;1-3-2/h3-10,12,18-20H,2,11H2,1H3;3H2,1-2H3. The number of azo groups is 1. The molecule has 2 aromatic carbocycles. The van der Waals surface area contributed by atoms with E-state index < -0.39 is 0 Å². The summed E-state index contributed by atoms with van der Waals surface area (Å²) in [5, 5.41) is 18.3. The van der Waals surface area contributed by atoms with Crippen molar-refractivity contribution in [2.24, 2.45) is 10.2 Å². The number of nitrogens with one attached hydrogen (secondary N) is 3. The summed E-state index contributed by atoms with van der Waals surface area (Å²) in [5.74, 6) is 0.782. The molecule has 0 radical (unpaired) electrons. The molecule has 1 aliphatic heterocycles. The summed E-state index contributed by atoms with van der Waals surface area (Å²) in [4.78, 5) is 0. The molecule has 1 aliphatic rings. The number of hydrogen-bond donors (Lipinski definition) is 3. The van der Waals surface area contributed by atoms with Crippen molar-refractivity contribution in [1.29, 1.82) is 0 Å². The minimum Gasteiger partial charge on any atom is -0.383 e. The van der Waals surface area contributed by atoms with Crippen LogP contribution in [0.5, 0.6) is 0 Å². The second-order valence-electron chi connectivity index (χ2n) is 5.98. The summed E-state index contributed by atoms with van der Waals surface area (Å²) in [7, 11) is 0. The quantitative estimate of drug-likeness (QED) is 0.587. The Kier molecular flexibility index (Phi) is 7.01. The summed E-state index contributed by atoms with van der Waals surface area (Å²) in [5.41, 5.74) is 3.92. The van der Waals surface area contributed by atoms with Gasteiger partial charge in [0, 0.05) is 12.2 Å². The monoisotopic (exact) mass is 337 g/mol. The molecule has 1 unspecified atom stereocenters. The average Bonchev–Trinajstić information content (AvgIpc) is 2.99. The molecule has 0 saturated carbocycles. The first kappa shape index (κ1) is 18.5. The smallest absolute Gasteiger partial charge is 0.100 e. The number of anilines is 3. The van der Waals surface area contributed by atoms with Crippen molar-refractivity contribution in [3.8, 4) is 0 Å². The van der Waals surface area contributed by atoms with E-state index in [-0.39, 0.29) is 6.04 Å². The molecule has 2 aromatic rings. The Morgan fingerprint density at radius 2 is 1.72 bits per heavy atom. The first-order valence-corrected chi connectivity index (χ1v) is 8.69. The lowest BCUT2D eigenvalue weighted by Gasteiger charge is -2.08. The summed E-state index contributed by atoms with van der Waals surface area (Å²) < 4.78 is 0. The van der Waals surface area contributed by atoms with Crippen LogP contribution in [-0.4, -0.2) is 12.6 Å². The van der Waals surface area contributed by atoms with E-state index in [4.69, 9.17) is 0 Å². The van der Waals surface area contributed by atoms with Gasteiger partial charge in [-0.05, 0) is 37.3 Å². The third-order valence-corrected chi connectivity index (χ3v) is 3.32. The summed E-state index contributed by atoms with van der Waals surface area (Å²) >= 11 is 0. The maximum absolute atomic E-state index is 4.35. The van der Waals surface area contributed by atoms with Gasteiger partial charge in [-0.3, -0.25) is 0 Å². The van der Waals surface area contributed by atoms with Crippen molar-refractivity contribution in [2.45, 2.75) is 33.2 Å². The fourth-order valence-corrected chi connectivity index (χ4v) is 2.19. The fraction of sp³-hybridized carbons (Fsp3) is 0.300. The number of rotatable bonds is 5. The molecule has 5 heteroatoms. The van der Waals surface area contributed by atoms with Gasteiger partial charge in [0.25, 0.3) is 0 Å². The molecule has 0 fully saturated rings. The lowest BCUT2D eigenvalue weighted by Crippen LogP contribution is -2.13. The van der Waals surface area contributed by atoms with Gasteiger partial charge in [-0.2, -0.15) is 10.2 Å². The van der Waals surface area contributed by atoms with Crippen molar-refractivity contribution in [2.75, 3.05) is 22.5 Å². The summed E-state index contributed by atoms with van der Waals surface area (Å²) in [6, 6.07) is 16.1. The number of fused-ring (bicyclic) bond motifs is 1. The molecule has 0 bridgehead atoms. The largest absolute Gasteiger partial charge is 0.383 e. The van der Waals surface area contributed by atoms with E-state index in [1.165, 1.54) is 6.42 Å². The van der Waals surface area contributed by atoms with Crippen LogP contribution >= 0.6 is 0 Å². The van der Waals surface area contributed by atoms with Crippen LogP contribution in [0.4, 0.5) is 22.7 Å². The molecule has 25 heavy (non-hydrogen) atoms. The van der Waals surface area contributed by atoms with E-state index in [9.17, 15) is 0 Å². The van der Waals surface area contributed by atoms with Crippen molar-refractivity contribution < 1.29 is 0 Å². The van der Waals surface area contributed by atoms with Gasteiger partial charge in [0.2, 0.25) is 0 Å². The molecule has 132 valence electrons. The summed E-state index contributed by atoms with van der Waals surface area (Å²) in [6.45, 7) is 10.9. The SMILES string of the molecule is C=C1Nc2ccc(N=NC(C)CNc3ccccc3)cc2N1.CCC. The van der Waals surface area contributed by atoms with Crippen LogP contribution in [0.25, 0.3) is 0 Å². The van der Waals surface area contributed by atoms with E-state index in [0.29, 0.717) is 0 Å². The minimum atomic E-state index is 0.0921. The molecular formula is C20H27N5. The van der Waals surface area contributed by atoms with Crippen molar-refractivity contribution in [3.63, 3.8) is 0 Å². The first-order chi connectivity index (χ1) is 12.1. The van der Waals surface area contributed by atoms with Crippen molar-refractivity contribution in [1.82, 2.24) is 0 Å². The summed E-state index contributed by atoms with van der Waals surface area (Å²) in [6.07, 6.45) is 1.25. The molecule has 3 N–H and O–H groups in total. The van der Waals surface area contributed by atoms with E-state index in [0.717, 1.165) is 35.1 Å². The lowest BCUT2D eigenvalue weighted by atomic mass is 10.2. The predicted molar refractivity (Wildman–Crippen MR) is 108 cm³/mol. The third kappa shape index (κ3) is 5.95. The zero-order chi connectivity index (χ0) is 18.1. The Hall–Kier alpha value is -2.82. The lowest BCUT2D eigenvalue weighted by molar-refractivity contribution is 0.736. The van der Waals surface area contributed by atoms with Gasteiger partial charge >= 0.3 is 0 Å². The Bertz CT molecular complexity index is 709. The highest BCUT2D eigenvalue weighted by Crippen LogP contribution is 2.33. The van der Waals surface area contributed by atoms with Crippen molar-refractivity contribution in [3.05, 3.63) is 60.9 Å². The van der Waals surface area contributed by atoms with Crippen LogP contribution < -0.4 is 16.0 Å². The molecule has 0 aromatic heterocycles. The van der Waals surface area contributed by atoms with Crippen LogP contribution in [0.3, 0.4) is 0 Å². The van der Waals surface area contributed by atoms with E-state index in [1.54, 1.807) is 0 Å². The first-order valence-electron chi connectivity index (χ1n) is 8.69. The Morgan fingerprint density at radius 3 is 2.44 bits per heavy atom. The van der Waals surface area contributed by atoms with Gasteiger partial charge in [0.05, 0.1) is 23.1 Å². The van der Waals surface area contributed by atoms with Crippen LogP contribution in [-0.2, 0) is 0 Å². The molecule has 0 saturated heterocycles. The number of nitrogens with zero attached hydrogens (tertiary/aromatic N) is 2. The molecular weight excluding hydrogens is 310 g/mol. The second kappa shape index (κ2) is 9.47. The molecule has 0 amide bonds. The zero-order valence-corrected chi connectivity index (χ0v) is 15.2. The fourth-order valence-electron chi connectivity index (χ4n) is 2.19. The van der Waals surface area contributed by atoms with Crippen LogP contribution in [0.2, 0.25) is 0 Å². The normalized spacial score (nSPS) is 13.3. The van der Waals surface area contributed by atoms with Gasteiger partial charge in [0.15, 0.2) is 0 Å². The molecule has 1 heterocycles. The highest BCUT2D eigenvalue weighted by atomic mass is 15.2. The van der Waals surface area contributed by atoms with E-state index >= 15 is 0 Å². The molecule has 1 atom stereocenters. The number of hydrogen-bond acceptors (Lipinski definition) is 5. The highest BCUT2D eigenvalue weighted by molar-refractivity contribution is 5.81. The Labute approximate surface area is 150 Å². The maximum Gasteiger partial charge on any atom is 0.100 e. The van der Waals surface area contributed by atoms with E-state index in [1.807, 2.05) is 55.5 Å². The van der Waals surface area contributed by atoms with Gasteiger partial charge < -0.3 is 16.0 Å². The van der Waals surface area contributed by atoms with Crippen LogP contribution in [0, 0.1) is 0 Å². The Morgan fingerprint density at radius 1 is 1.04 bits per heavy atom. The third-order valence-electron chi connectivity index (χ3n) is 3.32. The second-order valence-corrected chi connectivity index (χ2v) is 5.98. The predicted octanol–water partition coefficient (Wildman–Crippen LogP) is 6.00. The van der Waals surface area contributed by atoms with Gasteiger partial charge in [-0.1, -0.05) is 45.0 Å². The number of para-hydroxylation sites is 1. The molecule has 0 aliphatic carbocycles. The highest BCUT2D eigenvalue weighted by Gasteiger charge is 2.12. The molecule has 5 nitrogen and oxygen atoms in total. The maximum atomic E-state index is 4.35. The Balaban J connectivity index is 0.000000701. The topological polar surface area (TPSA) is 60.8 Å². The molecule has 0 spiro atoms. The number of benzene rings is 2. The zero-order valence-electron chi connectivity index (χ0n) is 15.2. The van der Waals surface area contributed by atoms with Gasteiger partial charge in [-0.15, -0.1) is 0 Å². The van der Waals surface area contributed by atoms with Gasteiger partial charge in [-0.25, -0.2) is 0 Å².